The predicted octanol–water partition coefficient (Wildman–Crippen LogP) is 2.51. The van der Waals surface area contributed by atoms with E-state index in [2.05, 4.69) is 53.9 Å². The summed E-state index contributed by atoms with van der Waals surface area (Å²) in [6, 6.07) is 8.36. The van der Waals surface area contributed by atoms with Gasteiger partial charge in [0.2, 0.25) is 0 Å². The zero-order valence-corrected chi connectivity index (χ0v) is 14.5. The van der Waals surface area contributed by atoms with E-state index in [1.807, 2.05) is 0 Å². The molecule has 0 aliphatic heterocycles. The number of nitrogens with zero attached hydrogens (tertiary/aromatic N) is 1. The molecule has 0 unspecified atom stereocenters. The van der Waals surface area contributed by atoms with Crippen LogP contribution >= 0.6 is 0 Å². The number of hydrogen-bond acceptors (Lipinski definition) is 3. The number of hydrogen-bond donors (Lipinski definition) is 2. The topological polar surface area (TPSA) is 53.6 Å². The Kier molecular flexibility index (Phi) is 6.86. The molecule has 1 aliphatic carbocycles. The van der Waals surface area contributed by atoms with Crippen molar-refractivity contribution in [3.05, 3.63) is 35.4 Å². The van der Waals surface area contributed by atoms with Crippen molar-refractivity contribution in [1.29, 1.82) is 0 Å². The molecular weight excluding hydrogens is 290 g/mol. The Bertz CT molecular complexity index is 488. The minimum Gasteiger partial charge on any atom is -0.379 e. The van der Waals surface area contributed by atoms with Crippen LogP contribution in [0.15, 0.2) is 24.3 Å². The van der Waals surface area contributed by atoms with Crippen LogP contribution in [0.4, 0.5) is 4.79 Å². The number of ether oxygens (including phenoxy) is 1. The largest absolute Gasteiger partial charge is 0.379 e. The van der Waals surface area contributed by atoms with E-state index in [9.17, 15) is 4.79 Å². The van der Waals surface area contributed by atoms with Crippen LogP contribution in [0.2, 0.25) is 0 Å². The monoisotopic (exact) mass is 319 g/mol. The summed E-state index contributed by atoms with van der Waals surface area (Å²) in [5.41, 5.74) is 2.38. The van der Waals surface area contributed by atoms with Gasteiger partial charge in [0.25, 0.3) is 0 Å². The summed E-state index contributed by atoms with van der Waals surface area (Å²) in [6.07, 6.45) is 4.48. The van der Waals surface area contributed by atoms with Crippen molar-refractivity contribution in [2.45, 2.75) is 50.9 Å². The Balaban J connectivity index is 1.77. The molecule has 0 bridgehead atoms. The molecule has 5 nitrogen and oxygen atoms in total. The summed E-state index contributed by atoms with van der Waals surface area (Å²) < 4.78 is 5.47. The van der Waals surface area contributed by atoms with Crippen LogP contribution in [0.3, 0.4) is 0 Å². The van der Waals surface area contributed by atoms with Crippen LogP contribution in [-0.4, -0.2) is 44.3 Å². The molecule has 0 heterocycles. The summed E-state index contributed by atoms with van der Waals surface area (Å²) in [5.74, 6) is 0. The van der Waals surface area contributed by atoms with Gasteiger partial charge in [0.05, 0.1) is 12.1 Å². The van der Waals surface area contributed by atoms with Gasteiger partial charge in [0.1, 0.15) is 0 Å². The van der Waals surface area contributed by atoms with Crippen molar-refractivity contribution in [2.75, 3.05) is 21.2 Å². The molecule has 1 aromatic carbocycles. The number of amides is 2. The molecular formula is C18H29N3O2. The molecule has 2 atom stereocenters. The number of carbonyl (C=O) groups excluding carboxylic acids is 1. The lowest BCUT2D eigenvalue weighted by molar-refractivity contribution is 0.0452. The molecule has 5 heteroatoms. The fraction of sp³-hybridized carbons (Fsp3) is 0.611. The van der Waals surface area contributed by atoms with E-state index >= 15 is 0 Å². The third kappa shape index (κ3) is 5.84. The average Bonchev–Trinajstić information content (AvgIpc) is 2.54. The highest BCUT2D eigenvalue weighted by Crippen LogP contribution is 2.20. The average molecular weight is 319 g/mol. The Hall–Kier alpha value is -1.59. The van der Waals surface area contributed by atoms with Crippen LogP contribution in [0.25, 0.3) is 0 Å². The lowest BCUT2D eigenvalue weighted by Gasteiger charge is -2.31. The number of nitrogens with one attached hydrogen (secondary N) is 2. The third-order valence-corrected chi connectivity index (χ3v) is 4.30. The normalized spacial score (nSPS) is 21.2. The van der Waals surface area contributed by atoms with Crippen molar-refractivity contribution in [3.8, 4) is 0 Å². The fourth-order valence-electron chi connectivity index (χ4n) is 3.07. The standard InChI is InChI=1S/C18H29N3O2/c1-21(2)13-15-10-8-14(9-11-15)12-19-18(22)20-16-6-4-5-7-17(16)23-3/h8-11,16-17H,4-7,12-13H2,1-3H3,(H2,19,20,22)/t16-,17+/m1/s1. The van der Waals surface area contributed by atoms with Crippen LogP contribution in [0.1, 0.15) is 36.8 Å². The van der Waals surface area contributed by atoms with Crippen molar-refractivity contribution in [2.24, 2.45) is 0 Å². The van der Waals surface area contributed by atoms with Crippen molar-refractivity contribution < 1.29 is 9.53 Å². The number of urea groups is 1. The highest BCUT2D eigenvalue weighted by molar-refractivity contribution is 5.74. The third-order valence-electron chi connectivity index (χ3n) is 4.30. The second kappa shape index (κ2) is 8.89. The zero-order chi connectivity index (χ0) is 16.7. The van der Waals surface area contributed by atoms with Crippen LogP contribution in [0.5, 0.6) is 0 Å². The van der Waals surface area contributed by atoms with Gasteiger partial charge in [-0.15, -0.1) is 0 Å². The Morgan fingerprint density at radius 1 is 1.17 bits per heavy atom. The summed E-state index contributed by atoms with van der Waals surface area (Å²) in [5, 5.41) is 5.98. The van der Waals surface area contributed by atoms with E-state index in [0.717, 1.165) is 31.4 Å². The summed E-state index contributed by atoms with van der Waals surface area (Å²) in [6.45, 7) is 1.47. The van der Waals surface area contributed by atoms with Gasteiger partial charge in [-0.25, -0.2) is 4.79 Å². The maximum atomic E-state index is 12.1. The Morgan fingerprint density at radius 3 is 2.48 bits per heavy atom. The minimum absolute atomic E-state index is 0.115. The quantitative estimate of drug-likeness (QED) is 0.847. The van der Waals surface area contributed by atoms with Crippen molar-refractivity contribution in [1.82, 2.24) is 15.5 Å². The van der Waals surface area contributed by atoms with Gasteiger partial charge in [-0.1, -0.05) is 37.1 Å². The second-order valence-electron chi connectivity index (χ2n) is 6.55. The first-order valence-electron chi connectivity index (χ1n) is 8.38. The van der Waals surface area contributed by atoms with E-state index in [0.29, 0.717) is 6.54 Å². The van der Waals surface area contributed by atoms with Gasteiger partial charge in [0.15, 0.2) is 0 Å². The van der Waals surface area contributed by atoms with E-state index in [4.69, 9.17) is 4.74 Å². The van der Waals surface area contributed by atoms with E-state index in [-0.39, 0.29) is 18.2 Å². The smallest absolute Gasteiger partial charge is 0.315 e. The molecule has 0 aromatic heterocycles. The summed E-state index contributed by atoms with van der Waals surface area (Å²) in [4.78, 5) is 14.2. The molecule has 0 spiro atoms. The first-order valence-corrected chi connectivity index (χ1v) is 8.38. The molecule has 1 aliphatic rings. The lowest BCUT2D eigenvalue weighted by atomic mass is 9.92. The molecule has 2 N–H and O–H groups in total. The second-order valence-corrected chi connectivity index (χ2v) is 6.55. The number of carbonyl (C=O) groups is 1. The zero-order valence-electron chi connectivity index (χ0n) is 14.5. The predicted molar refractivity (Wildman–Crippen MR) is 92.3 cm³/mol. The number of benzene rings is 1. The van der Waals surface area contributed by atoms with Gasteiger partial charge in [-0.2, -0.15) is 0 Å². The van der Waals surface area contributed by atoms with Crippen LogP contribution in [0, 0.1) is 0 Å². The molecule has 23 heavy (non-hydrogen) atoms. The minimum atomic E-state index is -0.115. The van der Waals surface area contributed by atoms with Crippen LogP contribution < -0.4 is 10.6 Å². The SMILES string of the molecule is CO[C@H]1CCCC[C@H]1NC(=O)NCc1ccc(CN(C)C)cc1. The Labute approximate surface area is 139 Å². The molecule has 128 valence electrons. The number of rotatable bonds is 6. The van der Waals surface area contributed by atoms with Gasteiger partial charge >= 0.3 is 6.03 Å². The van der Waals surface area contributed by atoms with Crippen LogP contribution in [-0.2, 0) is 17.8 Å². The maximum absolute atomic E-state index is 12.1. The van der Waals surface area contributed by atoms with Crippen molar-refractivity contribution in [3.63, 3.8) is 0 Å². The lowest BCUT2D eigenvalue weighted by Crippen LogP contribution is -2.49. The summed E-state index contributed by atoms with van der Waals surface area (Å²) >= 11 is 0. The molecule has 2 rings (SSSR count). The first kappa shape index (κ1) is 17.8. The van der Waals surface area contributed by atoms with Gasteiger partial charge in [-0.05, 0) is 38.1 Å². The molecule has 0 radical (unpaired) electrons. The summed E-state index contributed by atoms with van der Waals surface area (Å²) in [7, 11) is 5.83. The van der Waals surface area contributed by atoms with E-state index in [1.54, 1.807) is 7.11 Å². The van der Waals surface area contributed by atoms with Gasteiger partial charge < -0.3 is 20.3 Å². The molecule has 1 saturated carbocycles. The van der Waals surface area contributed by atoms with E-state index < -0.39 is 0 Å². The highest BCUT2D eigenvalue weighted by Gasteiger charge is 2.26. The first-order chi connectivity index (χ1) is 11.1. The Morgan fingerprint density at radius 2 is 1.83 bits per heavy atom. The molecule has 2 amide bonds. The highest BCUT2D eigenvalue weighted by atomic mass is 16.5. The molecule has 1 fully saturated rings. The van der Waals surface area contributed by atoms with Crippen molar-refractivity contribution >= 4 is 6.03 Å². The molecule has 0 saturated heterocycles. The van der Waals surface area contributed by atoms with E-state index in [1.165, 1.54) is 12.0 Å². The fourth-order valence-corrected chi connectivity index (χ4v) is 3.07. The van der Waals surface area contributed by atoms with Gasteiger partial charge in [0, 0.05) is 20.2 Å². The molecule has 1 aromatic rings. The maximum Gasteiger partial charge on any atom is 0.315 e. The van der Waals surface area contributed by atoms with Gasteiger partial charge in [-0.3, -0.25) is 0 Å². The number of methoxy groups -OCH3 is 1.